The lowest BCUT2D eigenvalue weighted by Gasteiger charge is -2.28. The van der Waals surface area contributed by atoms with Crippen LogP contribution in [-0.4, -0.2) is 70.0 Å². The maximum atomic E-state index is 12.8. The largest absolute Gasteiger partial charge is 0.756 e. The second-order valence-corrected chi connectivity index (χ2v) is 20.6. The zero-order chi connectivity index (χ0) is 51.3. The molecule has 0 aliphatic rings. The first kappa shape index (κ1) is 66.7. The van der Waals surface area contributed by atoms with Crippen LogP contribution in [0.1, 0.15) is 206 Å². The summed E-state index contributed by atoms with van der Waals surface area (Å²) in [6.45, 7) is 4.04. The molecule has 0 N–H and O–H groups in total. The molecule has 0 saturated carbocycles. The Balaban J connectivity index is 4.31. The highest BCUT2D eigenvalue weighted by Crippen LogP contribution is 2.38. The number of phosphoric acid groups is 1. The molecule has 0 aliphatic heterocycles. The van der Waals surface area contributed by atoms with Gasteiger partial charge in [0.15, 0.2) is 6.10 Å². The topological polar surface area (TPSA) is 111 Å². The Morgan fingerprint density at radius 3 is 1.24 bits per heavy atom. The van der Waals surface area contributed by atoms with Crippen molar-refractivity contribution < 1.29 is 42.1 Å². The first-order valence-corrected chi connectivity index (χ1v) is 29.1. The minimum Gasteiger partial charge on any atom is -0.756 e. The van der Waals surface area contributed by atoms with Crippen molar-refractivity contribution in [1.29, 1.82) is 0 Å². The Labute approximate surface area is 429 Å². The van der Waals surface area contributed by atoms with Gasteiger partial charge in [0.25, 0.3) is 7.82 Å². The summed E-state index contributed by atoms with van der Waals surface area (Å²) in [6, 6.07) is 0. The number of ether oxygens (including phenoxy) is 2. The molecule has 70 heavy (non-hydrogen) atoms. The Hall–Kier alpha value is -3.33. The molecular weight excluding hydrogens is 894 g/mol. The normalized spacial score (nSPS) is 14.2. The Bertz CT molecular complexity index is 1550. The van der Waals surface area contributed by atoms with Gasteiger partial charge >= 0.3 is 11.9 Å². The van der Waals surface area contributed by atoms with E-state index in [-0.39, 0.29) is 26.1 Å². The number of rotatable bonds is 49. The fraction of sp³-hybridized carbons (Fsp3) is 0.667. The molecule has 0 saturated heterocycles. The lowest BCUT2D eigenvalue weighted by Crippen LogP contribution is -2.37. The second kappa shape index (κ2) is 50.6. The van der Waals surface area contributed by atoms with E-state index in [0.29, 0.717) is 23.9 Å². The molecule has 0 aromatic carbocycles. The van der Waals surface area contributed by atoms with Gasteiger partial charge in [-0.05, 0) is 103 Å². The number of phosphoric ester groups is 1. The number of esters is 2. The maximum absolute atomic E-state index is 12.8. The number of likely N-dealkylation sites (N-methyl/N-ethyl adjacent to an activating group) is 1. The van der Waals surface area contributed by atoms with E-state index >= 15 is 0 Å². The third-order valence-electron chi connectivity index (χ3n) is 11.3. The SMILES string of the molecule is CC/C=C\C/C=C\C/C=C\C/C=C\C/C=C\C/C=C\CCCCC(=O)OC(COC(=O)CCCCCCCCCCCC/C=C\C/C=C\C/C=C\CCCCCCC)COP(=O)([O-])OCC[N+](C)(C)C. The van der Waals surface area contributed by atoms with E-state index in [4.69, 9.17) is 18.5 Å². The zero-order valence-electron chi connectivity index (χ0n) is 45.2. The van der Waals surface area contributed by atoms with Gasteiger partial charge in [-0.15, -0.1) is 0 Å². The lowest BCUT2D eigenvalue weighted by atomic mass is 10.1. The monoisotopic (exact) mass is 996 g/mol. The molecule has 10 heteroatoms. The molecule has 9 nitrogen and oxygen atoms in total. The van der Waals surface area contributed by atoms with Crippen LogP contribution < -0.4 is 4.89 Å². The van der Waals surface area contributed by atoms with Crippen LogP contribution in [0.2, 0.25) is 0 Å². The highest BCUT2D eigenvalue weighted by Gasteiger charge is 2.21. The molecule has 0 aliphatic carbocycles. The number of quaternary nitrogens is 1. The number of allylic oxidation sites excluding steroid dienone is 18. The van der Waals surface area contributed by atoms with Gasteiger partial charge in [0.05, 0.1) is 27.7 Å². The van der Waals surface area contributed by atoms with Crippen LogP contribution in [0, 0.1) is 0 Å². The van der Waals surface area contributed by atoms with Crippen LogP contribution in [0.3, 0.4) is 0 Å². The number of carbonyl (C=O) groups excluding carboxylic acids is 2. The summed E-state index contributed by atoms with van der Waals surface area (Å²) in [7, 11) is 1.12. The zero-order valence-corrected chi connectivity index (χ0v) is 46.1. The van der Waals surface area contributed by atoms with Gasteiger partial charge in [-0.1, -0.05) is 200 Å². The molecule has 0 radical (unpaired) electrons. The first-order valence-electron chi connectivity index (χ1n) is 27.6. The fourth-order valence-electron chi connectivity index (χ4n) is 7.02. The van der Waals surface area contributed by atoms with Crippen molar-refractivity contribution in [3.8, 4) is 0 Å². The lowest BCUT2D eigenvalue weighted by molar-refractivity contribution is -0.870. The molecular formula is C60H102NO8P. The van der Waals surface area contributed by atoms with Crippen molar-refractivity contribution in [3.63, 3.8) is 0 Å². The van der Waals surface area contributed by atoms with Crippen molar-refractivity contribution in [2.75, 3.05) is 47.5 Å². The van der Waals surface area contributed by atoms with Crippen LogP contribution in [0.4, 0.5) is 0 Å². The van der Waals surface area contributed by atoms with Crippen molar-refractivity contribution in [1.82, 2.24) is 0 Å². The average Bonchev–Trinajstić information content (AvgIpc) is 3.32. The van der Waals surface area contributed by atoms with Crippen LogP contribution in [0.15, 0.2) is 109 Å². The molecule has 2 unspecified atom stereocenters. The summed E-state index contributed by atoms with van der Waals surface area (Å²) in [6.07, 6.45) is 69.9. The van der Waals surface area contributed by atoms with Crippen molar-refractivity contribution >= 4 is 19.8 Å². The molecule has 0 spiro atoms. The molecule has 0 rings (SSSR count). The summed E-state index contributed by atoms with van der Waals surface area (Å²) in [4.78, 5) is 37.8. The highest BCUT2D eigenvalue weighted by atomic mass is 31.2. The van der Waals surface area contributed by atoms with Crippen molar-refractivity contribution in [2.45, 2.75) is 213 Å². The van der Waals surface area contributed by atoms with E-state index in [2.05, 4.69) is 123 Å². The van der Waals surface area contributed by atoms with Gasteiger partial charge < -0.3 is 27.9 Å². The van der Waals surface area contributed by atoms with E-state index < -0.39 is 32.5 Å². The first-order chi connectivity index (χ1) is 34.0. The summed E-state index contributed by atoms with van der Waals surface area (Å²) in [5, 5.41) is 0. The Morgan fingerprint density at radius 2 is 0.814 bits per heavy atom. The van der Waals surface area contributed by atoms with Gasteiger partial charge in [-0.25, -0.2) is 0 Å². The quantitative estimate of drug-likeness (QED) is 0.0195. The number of carbonyl (C=O) groups is 2. The van der Waals surface area contributed by atoms with Crippen molar-refractivity contribution in [2.24, 2.45) is 0 Å². The smallest absolute Gasteiger partial charge is 0.306 e. The predicted molar refractivity (Wildman–Crippen MR) is 295 cm³/mol. The summed E-state index contributed by atoms with van der Waals surface area (Å²) >= 11 is 0. The van der Waals surface area contributed by atoms with E-state index in [1.165, 1.54) is 77.0 Å². The number of hydrogen-bond acceptors (Lipinski definition) is 8. The third-order valence-corrected chi connectivity index (χ3v) is 12.2. The highest BCUT2D eigenvalue weighted by molar-refractivity contribution is 7.45. The van der Waals surface area contributed by atoms with Crippen molar-refractivity contribution in [3.05, 3.63) is 109 Å². The number of nitrogens with zero attached hydrogens (tertiary/aromatic N) is 1. The Kier molecular flexibility index (Phi) is 48.2. The predicted octanol–water partition coefficient (Wildman–Crippen LogP) is 16.4. The fourth-order valence-corrected chi connectivity index (χ4v) is 7.75. The third kappa shape index (κ3) is 54.0. The van der Waals surface area contributed by atoms with Gasteiger partial charge in [-0.2, -0.15) is 0 Å². The molecule has 0 aromatic heterocycles. The number of hydrogen-bond donors (Lipinski definition) is 0. The minimum absolute atomic E-state index is 0.0463. The van der Waals surface area contributed by atoms with E-state index in [1.807, 2.05) is 21.1 Å². The molecule has 0 fully saturated rings. The molecule has 0 aromatic rings. The van der Waals surface area contributed by atoms with Gasteiger partial charge in [-0.3, -0.25) is 14.2 Å². The average molecular weight is 996 g/mol. The molecule has 0 heterocycles. The Morgan fingerprint density at radius 1 is 0.457 bits per heavy atom. The van der Waals surface area contributed by atoms with Gasteiger partial charge in [0.2, 0.25) is 0 Å². The standard InChI is InChI=1S/C60H102NO8P/c1-6-8-10-12-14-16-18-20-22-24-26-28-29-30-31-33-34-36-38-40-42-44-46-48-50-52-59(62)66-56-58(57-68-70(64,65)67-55-54-61(3,4)5)69-60(63)53-51-49-47-45-43-41-39-37-35-32-27-25-23-21-19-17-15-13-11-9-7-2/h9,11,15,17-18,20-21,23-24,26-27,29-30,32,37,39,43,45,58H,6-8,10,12-14,16,19,22,25,28,31,33-36,38,40-42,44,46-57H2,1-5H3/b11-9-,17-15-,20-18-,23-21-,26-24-,30-29-,32-27-,39-37-,45-43-. The number of unbranched alkanes of at least 4 members (excludes halogenated alkanes) is 17. The van der Waals surface area contributed by atoms with Crippen LogP contribution in [-0.2, 0) is 32.7 Å². The summed E-state index contributed by atoms with van der Waals surface area (Å²) < 4.78 is 34.0. The van der Waals surface area contributed by atoms with Crippen LogP contribution in [0.5, 0.6) is 0 Å². The van der Waals surface area contributed by atoms with E-state index in [0.717, 1.165) is 89.9 Å². The summed E-state index contributed by atoms with van der Waals surface area (Å²) in [5.41, 5.74) is 0. The molecule has 0 bridgehead atoms. The molecule has 0 amide bonds. The molecule has 2 atom stereocenters. The summed E-state index contributed by atoms with van der Waals surface area (Å²) in [5.74, 6) is -0.896. The van der Waals surface area contributed by atoms with Crippen LogP contribution >= 0.6 is 7.82 Å². The molecule has 400 valence electrons. The van der Waals surface area contributed by atoms with E-state index in [1.54, 1.807) is 0 Å². The van der Waals surface area contributed by atoms with Gasteiger partial charge in [0.1, 0.15) is 19.8 Å². The van der Waals surface area contributed by atoms with Crippen LogP contribution in [0.25, 0.3) is 0 Å². The van der Waals surface area contributed by atoms with E-state index in [9.17, 15) is 19.0 Å². The minimum atomic E-state index is -4.66. The second-order valence-electron chi connectivity index (χ2n) is 19.2. The van der Waals surface area contributed by atoms with Gasteiger partial charge in [0, 0.05) is 12.8 Å². The maximum Gasteiger partial charge on any atom is 0.306 e.